The van der Waals surface area contributed by atoms with Crippen LogP contribution >= 0.6 is 0 Å². The monoisotopic (exact) mass is 537 g/mol. The van der Waals surface area contributed by atoms with E-state index in [0.717, 1.165) is 56.6 Å². The normalized spacial score (nSPS) is 21.7. The lowest BCUT2D eigenvalue weighted by atomic mass is 9.62. The highest BCUT2D eigenvalue weighted by molar-refractivity contribution is 6.11. The van der Waals surface area contributed by atoms with E-state index in [1.807, 2.05) is 42.8 Å². The van der Waals surface area contributed by atoms with Crippen molar-refractivity contribution in [2.75, 3.05) is 18.0 Å². The molecule has 0 bridgehead atoms. The van der Waals surface area contributed by atoms with Crippen molar-refractivity contribution in [2.45, 2.75) is 70.1 Å². The van der Waals surface area contributed by atoms with Crippen LogP contribution in [0.5, 0.6) is 0 Å². The second-order valence-corrected chi connectivity index (χ2v) is 11.8. The number of aryl methyl sites for hydroxylation is 1. The molecule has 39 heavy (non-hydrogen) atoms. The van der Waals surface area contributed by atoms with E-state index in [1.165, 1.54) is 11.0 Å². The number of likely N-dealkylation sites (tertiary alicyclic amines) is 1. The summed E-state index contributed by atoms with van der Waals surface area (Å²) in [5, 5.41) is 8.29. The smallest absolute Gasteiger partial charge is 0.321 e. The Morgan fingerprint density at radius 1 is 1.18 bits per heavy atom. The van der Waals surface area contributed by atoms with Gasteiger partial charge in [0.2, 0.25) is 0 Å². The second kappa shape index (κ2) is 9.47. The predicted octanol–water partition coefficient (Wildman–Crippen LogP) is 6.06. The molecular weight excluding hydrogens is 503 g/mol. The summed E-state index contributed by atoms with van der Waals surface area (Å²) in [5.41, 5.74) is 1.65. The molecule has 2 atom stereocenters. The summed E-state index contributed by atoms with van der Waals surface area (Å²) in [6.07, 6.45) is 1.94. The van der Waals surface area contributed by atoms with Crippen molar-refractivity contribution >= 4 is 11.6 Å². The van der Waals surface area contributed by atoms with Crippen molar-refractivity contribution < 1.29 is 18.0 Å². The van der Waals surface area contributed by atoms with Gasteiger partial charge >= 0.3 is 6.18 Å². The van der Waals surface area contributed by atoms with Crippen molar-refractivity contribution in [3.05, 3.63) is 76.4 Å². The van der Waals surface area contributed by atoms with E-state index < -0.39 is 17.6 Å². The van der Waals surface area contributed by atoms with Crippen LogP contribution in [0.3, 0.4) is 0 Å². The Morgan fingerprint density at radius 2 is 1.97 bits per heavy atom. The van der Waals surface area contributed by atoms with Gasteiger partial charge in [-0.25, -0.2) is 0 Å². The molecule has 1 saturated carbocycles. The number of amides is 1. The molecule has 0 N–H and O–H groups in total. The lowest BCUT2D eigenvalue weighted by Gasteiger charge is -2.42. The fourth-order valence-electron chi connectivity index (χ4n) is 6.63. The van der Waals surface area contributed by atoms with Gasteiger partial charge in [0.15, 0.2) is 0 Å². The van der Waals surface area contributed by atoms with E-state index in [0.29, 0.717) is 22.7 Å². The van der Waals surface area contributed by atoms with Gasteiger partial charge in [-0.15, -0.1) is 10.2 Å². The summed E-state index contributed by atoms with van der Waals surface area (Å²) >= 11 is 0. The summed E-state index contributed by atoms with van der Waals surface area (Å²) in [7, 11) is 1.93. The minimum absolute atomic E-state index is 0.112. The topological polar surface area (TPSA) is 54.3 Å². The number of anilines is 1. The third kappa shape index (κ3) is 4.54. The van der Waals surface area contributed by atoms with Crippen LogP contribution in [0.4, 0.5) is 18.9 Å². The maximum absolute atomic E-state index is 14.3. The number of benzene rings is 2. The fourth-order valence-corrected chi connectivity index (χ4v) is 6.63. The minimum atomic E-state index is -4.61. The van der Waals surface area contributed by atoms with Crippen LogP contribution in [0.25, 0.3) is 0 Å². The summed E-state index contributed by atoms with van der Waals surface area (Å²) < 4.78 is 44.9. The van der Waals surface area contributed by atoms with Gasteiger partial charge in [0.05, 0.1) is 17.7 Å². The molecular formula is C30H34F3N5O. The number of alkyl halides is 3. The molecule has 3 aliphatic rings. The highest BCUT2D eigenvalue weighted by atomic mass is 19.4. The van der Waals surface area contributed by atoms with Crippen LogP contribution in [0.1, 0.15) is 84.0 Å². The zero-order valence-electron chi connectivity index (χ0n) is 22.6. The molecule has 9 heteroatoms. The van der Waals surface area contributed by atoms with Gasteiger partial charge in [-0.3, -0.25) is 9.69 Å². The van der Waals surface area contributed by atoms with Gasteiger partial charge in [-0.05, 0) is 73.5 Å². The molecule has 1 aromatic heterocycles. The van der Waals surface area contributed by atoms with Crippen molar-refractivity contribution in [1.29, 1.82) is 0 Å². The van der Waals surface area contributed by atoms with Crippen LogP contribution in [0.15, 0.2) is 42.7 Å². The predicted molar refractivity (Wildman–Crippen MR) is 142 cm³/mol. The molecule has 0 unspecified atom stereocenters. The van der Waals surface area contributed by atoms with Crippen molar-refractivity contribution in [1.82, 2.24) is 19.7 Å². The van der Waals surface area contributed by atoms with Gasteiger partial charge in [0.1, 0.15) is 12.2 Å². The number of rotatable bonds is 6. The van der Waals surface area contributed by atoms with Crippen LogP contribution < -0.4 is 4.90 Å². The molecule has 1 aliphatic carbocycles. The van der Waals surface area contributed by atoms with E-state index in [-0.39, 0.29) is 23.6 Å². The molecule has 1 amide bonds. The molecule has 1 saturated heterocycles. The standard InChI is InChI=1S/C30H34F3N5O/c1-19-8-11-37(16-19)20(2)21-12-22-17-38(28(39)27(22)25(13-21)30(31,32)33)24-7-4-6-23(14-24)29(9-5-10-29)15-26-35-34-18-36(26)3/h4,6-7,12-14,18-20H,5,8-11,15-17H2,1-3H3/t19-,20-/m0/s1. The van der Waals surface area contributed by atoms with Crippen LogP contribution in [0.2, 0.25) is 0 Å². The maximum Gasteiger partial charge on any atom is 0.417 e. The molecule has 0 radical (unpaired) electrons. The van der Waals surface area contributed by atoms with Crippen molar-refractivity contribution in [2.24, 2.45) is 13.0 Å². The van der Waals surface area contributed by atoms with Crippen LogP contribution in [-0.4, -0.2) is 38.7 Å². The first-order valence-corrected chi connectivity index (χ1v) is 13.8. The highest BCUT2D eigenvalue weighted by Gasteiger charge is 2.44. The lowest BCUT2D eigenvalue weighted by Crippen LogP contribution is -2.37. The Morgan fingerprint density at radius 3 is 2.59 bits per heavy atom. The lowest BCUT2D eigenvalue weighted by molar-refractivity contribution is -0.138. The maximum atomic E-state index is 14.3. The largest absolute Gasteiger partial charge is 0.417 e. The average Bonchev–Trinajstić information content (AvgIpc) is 3.58. The number of carbonyl (C=O) groups excluding carboxylic acids is 1. The van der Waals surface area contributed by atoms with Gasteiger partial charge in [-0.2, -0.15) is 13.2 Å². The Hall–Kier alpha value is -3.20. The van der Waals surface area contributed by atoms with Crippen molar-refractivity contribution in [3.8, 4) is 0 Å². The van der Waals surface area contributed by atoms with E-state index in [9.17, 15) is 18.0 Å². The number of aromatic nitrogens is 3. The summed E-state index contributed by atoms with van der Waals surface area (Å²) in [5.74, 6) is 0.842. The first-order chi connectivity index (χ1) is 18.6. The Kier molecular flexibility index (Phi) is 6.32. The van der Waals surface area contributed by atoms with E-state index in [4.69, 9.17) is 0 Å². The number of hydrogen-bond acceptors (Lipinski definition) is 4. The minimum Gasteiger partial charge on any atom is -0.321 e. The average molecular weight is 538 g/mol. The first-order valence-electron chi connectivity index (χ1n) is 13.8. The zero-order valence-corrected chi connectivity index (χ0v) is 22.6. The molecule has 2 aliphatic heterocycles. The molecule has 0 spiro atoms. The number of fused-ring (bicyclic) bond motifs is 1. The SMILES string of the molecule is C[C@H]1CCN([C@@H](C)c2cc3c(c(C(F)(F)F)c2)C(=O)N(c2cccc(C4(Cc5nncn5C)CCC4)c2)C3)C1. The van der Waals surface area contributed by atoms with E-state index in [2.05, 4.69) is 28.1 Å². The van der Waals surface area contributed by atoms with Gasteiger partial charge in [0, 0.05) is 37.2 Å². The molecule has 2 fully saturated rings. The third-order valence-corrected chi connectivity index (χ3v) is 9.20. The Bertz CT molecular complexity index is 1410. The van der Waals surface area contributed by atoms with Crippen LogP contribution in [0, 0.1) is 5.92 Å². The Labute approximate surface area is 226 Å². The fraction of sp³-hybridized carbons (Fsp3) is 0.500. The summed E-state index contributed by atoms with van der Waals surface area (Å²) in [4.78, 5) is 17.3. The first kappa shape index (κ1) is 26.0. The number of nitrogens with zero attached hydrogens (tertiary/aromatic N) is 5. The molecule has 2 aromatic carbocycles. The van der Waals surface area contributed by atoms with E-state index in [1.54, 1.807) is 6.33 Å². The Balaban J connectivity index is 1.33. The molecule has 3 aromatic rings. The molecule has 6 nitrogen and oxygen atoms in total. The number of carbonyl (C=O) groups is 1. The highest BCUT2D eigenvalue weighted by Crippen LogP contribution is 2.47. The quantitative estimate of drug-likeness (QED) is 0.384. The van der Waals surface area contributed by atoms with E-state index >= 15 is 0 Å². The molecule has 206 valence electrons. The van der Waals surface area contributed by atoms with Gasteiger partial charge in [-0.1, -0.05) is 31.5 Å². The zero-order chi connectivity index (χ0) is 27.5. The number of halogens is 3. The number of hydrogen-bond donors (Lipinski definition) is 0. The van der Waals surface area contributed by atoms with Gasteiger partial charge in [0.25, 0.3) is 5.91 Å². The third-order valence-electron chi connectivity index (χ3n) is 9.20. The second-order valence-electron chi connectivity index (χ2n) is 11.8. The van der Waals surface area contributed by atoms with Crippen LogP contribution in [-0.2, 0) is 31.6 Å². The molecule has 6 rings (SSSR count). The summed E-state index contributed by atoms with van der Waals surface area (Å²) in [6.45, 7) is 6.01. The molecule has 3 heterocycles. The summed E-state index contributed by atoms with van der Waals surface area (Å²) in [6, 6.07) is 10.7. The van der Waals surface area contributed by atoms with Gasteiger partial charge < -0.3 is 9.47 Å². The van der Waals surface area contributed by atoms with Crippen molar-refractivity contribution in [3.63, 3.8) is 0 Å².